The van der Waals surface area contributed by atoms with Crippen molar-refractivity contribution in [3.8, 4) is 16.3 Å². The van der Waals surface area contributed by atoms with E-state index in [1.54, 1.807) is 22.2 Å². The first-order chi connectivity index (χ1) is 15.3. The van der Waals surface area contributed by atoms with Crippen LogP contribution < -0.4 is 0 Å². The van der Waals surface area contributed by atoms with Crippen molar-refractivity contribution >= 4 is 17.2 Å². The molecule has 0 saturated carbocycles. The van der Waals surface area contributed by atoms with Gasteiger partial charge in [-0.15, -0.1) is 11.3 Å². The van der Waals surface area contributed by atoms with Gasteiger partial charge in [-0.25, -0.2) is 4.68 Å². The zero-order valence-corrected chi connectivity index (χ0v) is 17.7. The highest BCUT2D eigenvalue weighted by atomic mass is 32.1. The van der Waals surface area contributed by atoms with E-state index in [1.165, 1.54) is 0 Å². The number of hydrogen-bond donors (Lipinski definition) is 0. The number of hydrogen-bond acceptors (Lipinski definition) is 5. The molecule has 6 nitrogen and oxygen atoms in total. The summed E-state index contributed by atoms with van der Waals surface area (Å²) >= 11 is 1.59. The molecule has 1 aliphatic rings. The van der Waals surface area contributed by atoms with Crippen LogP contribution in [-0.4, -0.2) is 44.8 Å². The van der Waals surface area contributed by atoms with Gasteiger partial charge in [-0.3, -0.25) is 9.78 Å². The van der Waals surface area contributed by atoms with E-state index in [0.717, 1.165) is 28.4 Å². The number of pyridine rings is 1. The minimum absolute atomic E-state index is 0.00508. The summed E-state index contributed by atoms with van der Waals surface area (Å²) in [4.78, 5) is 20.6. The Kier molecular flexibility index (Phi) is 5.60. The smallest absolute Gasteiger partial charge is 0.257 e. The summed E-state index contributed by atoms with van der Waals surface area (Å²) in [5.74, 6) is -0.00508. The van der Waals surface area contributed by atoms with Crippen LogP contribution in [0.15, 0.2) is 78.4 Å². The molecular formula is C24H22N4O2S. The van der Waals surface area contributed by atoms with Gasteiger partial charge in [-0.05, 0) is 42.1 Å². The van der Waals surface area contributed by atoms with Crippen LogP contribution in [0.25, 0.3) is 16.3 Å². The number of aromatic nitrogens is 3. The average Bonchev–Trinajstić information content (AvgIpc) is 3.59. The average molecular weight is 431 g/mol. The van der Waals surface area contributed by atoms with Crippen molar-refractivity contribution in [2.45, 2.75) is 19.1 Å². The van der Waals surface area contributed by atoms with Crippen LogP contribution in [-0.2, 0) is 11.3 Å². The molecule has 1 saturated heterocycles. The number of carbonyl (C=O) groups is 1. The Hall–Kier alpha value is -3.29. The summed E-state index contributed by atoms with van der Waals surface area (Å²) < 4.78 is 7.79. The van der Waals surface area contributed by atoms with E-state index in [1.807, 2.05) is 77.1 Å². The second-order valence-corrected chi connectivity index (χ2v) is 8.39. The van der Waals surface area contributed by atoms with Crippen molar-refractivity contribution in [3.05, 3.63) is 89.7 Å². The third kappa shape index (κ3) is 4.28. The molecule has 0 aliphatic carbocycles. The second kappa shape index (κ2) is 8.83. The third-order valence-corrected chi connectivity index (χ3v) is 6.22. The number of benzene rings is 1. The van der Waals surface area contributed by atoms with Gasteiger partial charge in [0.15, 0.2) is 0 Å². The molecule has 1 aromatic carbocycles. The minimum atomic E-state index is -0.00508. The Balaban J connectivity index is 1.34. The third-order valence-electron chi connectivity index (χ3n) is 5.35. The predicted octanol–water partition coefficient (Wildman–Crippen LogP) is 4.43. The predicted molar refractivity (Wildman–Crippen MR) is 120 cm³/mol. The van der Waals surface area contributed by atoms with Gasteiger partial charge in [0, 0.05) is 25.5 Å². The summed E-state index contributed by atoms with van der Waals surface area (Å²) in [7, 11) is 0. The van der Waals surface area contributed by atoms with Gasteiger partial charge < -0.3 is 9.64 Å². The second-order valence-electron chi connectivity index (χ2n) is 7.44. The van der Waals surface area contributed by atoms with Crippen LogP contribution in [0.2, 0.25) is 0 Å². The van der Waals surface area contributed by atoms with Gasteiger partial charge in [0.1, 0.15) is 5.69 Å². The summed E-state index contributed by atoms with van der Waals surface area (Å²) in [6.07, 6.45) is 4.44. The molecule has 156 valence electrons. The van der Waals surface area contributed by atoms with Crippen molar-refractivity contribution in [1.29, 1.82) is 0 Å². The summed E-state index contributed by atoms with van der Waals surface area (Å²) in [6.45, 7) is 1.71. The lowest BCUT2D eigenvalue weighted by molar-refractivity contribution is 0.0422. The molecule has 4 heterocycles. The molecule has 31 heavy (non-hydrogen) atoms. The molecule has 0 spiro atoms. The van der Waals surface area contributed by atoms with Crippen LogP contribution in [0.4, 0.5) is 0 Å². The zero-order valence-electron chi connectivity index (χ0n) is 16.9. The molecule has 1 fully saturated rings. The summed E-state index contributed by atoms with van der Waals surface area (Å²) in [5, 5.41) is 6.75. The molecule has 1 atom stereocenters. The van der Waals surface area contributed by atoms with E-state index < -0.39 is 0 Å². The van der Waals surface area contributed by atoms with E-state index in [-0.39, 0.29) is 12.0 Å². The Morgan fingerprint density at radius 3 is 2.74 bits per heavy atom. The molecule has 0 radical (unpaired) electrons. The van der Waals surface area contributed by atoms with Crippen LogP contribution >= 0.6 is 11.3 Å². The maximum absolute atomic E-state index is 13.4. The molecule has 1 amide bonds. The number of nitrogens with zero attached hydrogens (tertiary/aromatic N) is 4. The quantitative estimate of drug-likeness (QED) is 0.454. The highest BCUT2D eigenvalue weighted by Crippen LogP contribution is 2.29. The number of carbonyl (C=O) groups excluding carboxylic acids is 1. The molecule has 0 bridgehead atoms. The normalized spacial score (nSPS) is 16.0. The fraction of sp³-hybridized carbons (Fsp3) is 0.208. The highest BCUT2D eigenvalue weighted by molar-refractivity contribution is 7.13. The Morgan fingerprint density at radius 1 is 1.10 bits per heavy atom. The first-order valence-corrected chi connectivity index (χ1v) is 11.2. The molecule has 7 heteroatoms. The van der Waals surface area contributed by atoms with Crippen LogP contribution in [0.1, 0.15) is 22.5 Å². The van der Waals surface area contributed by atoms with Gasteiger partial charge in [0.25, 0.3) is 5.91 Å². The van der Waals surface area contributed by atoms with Crippen molar-refractivity contribution in [1.82, 2.24) is 19.7 Å². The lowest BCUT2D eigenvalue weighted by Gasteiger charge is -2.16. The van der Waals surface area contributed by atoms with E-state index in [2.05, 4.69) is 4.98 Å². The largest absolute Gasteiger partial charge is 0.370 e. The SMILES string of the molecule is O=C(c1cn(-c2ccccc2)nc1-c1cccs1)N1CCC(OCc2ccccn2)C1. The first kappa shape index (κ1) is 19.7. The lowest BCUT2D eigenvalue weighted by Crippen LogP contribution is -2.30. The molecule has 0 N–H and O–H groups in total. The Bertz CT molecular complexity index is 1140. The molecule has 4 aromatic rings. The van der Waals surface area contributed by atoms with Crippen LogP contribution in [0.3, 0.4) is 0 Å². The molecule has 5 rings (SSSR count). The topological polar surface area (TPSA) is 60.2 Å². The summed E-state index contributed by atoms with van der Waals surface area (Å²) in [5.41, 5.74) is 3.17. The van der Waals surface area contributed by atoms with Gasteiger partial charge in [0.2, 0.25) is 0 Å². The maximum atomic E-state index is 13.4. The van der Waals surface area contributed by atoms with Crippen molar-refractivity contribution in [3.63, 3.8) is 0 Å². The first-order valence-electron chi connectivity index (χ1n) is 10.3. The minimum Gasteiger partial charge on any atom is -0.370 e. The number of ether oxygens (including phenoxy) is 1. The summed E-state index contributed by atoms with van der Waals surface area (Å²) in [6, 6.07) is 19.6. The number of likely N-dealkylation sites (tertiary alicyclic amines) is 1. The number of rotatable bonds is 6. The highest BCUT2D eigenvalue weighted by Gasteiger charge is 2.30. The fourth-order valence-corrected chi connectivity index (χ4v) is 4.47. The van der Waals surface area contributed by atoms with Crippen LogP contribution in [0, 0.1) is 0 Å². The Labute approximate surface area is 184 Å². The van der Waals surface area contributed by atoms with E-state index in [0.29, 0.717) is 25.3 Å². The van der Waals surface area contributed by atoms with Crippen molar-refractivity contribution in [2.24, 2.45) is 0 Å². The van der Waals surface area contributed by atoms with E-state index in [9.17, 15) is 4.79 Å². The molecule has 1 unspecified atom stereocenters. The van der Waals surface area contributed by atoms with E-state index in [4.69, 9.17) is 9.84 Å². The van der Waals surface area contributed by atoms with Gasteiger partial charge in [0.05, 0.1) is 34.5 Å². The maximum Gasteiger partial charge on any atom is 0.257 e. The Morgan fingerprint density at radius 2 is 1.97 bits per heavy atom. The van der Waals surface area contributed by atoms with Gasteiger partial charge >= 0.3 is 0 Å². The molecule has 3 aromatic heterocycles. The zero-order chi connectivity index (χ0) is 21.0. The number of para-hydroxylation sites is 1. The molecular weight excluding hydrogens is 408 g/mol. The number of amides is 1. The molecule has 1 aliphatic heterocycles. The monoisotopic (exact) mass is 430 g/mol. The fourth-order valence-electron chi connectivity index (χ4n) is 3.74. The standard InChI is InChI=1S/C24H22N4O2S/c29-24(27-13-11-20(15-27)30-17-18-7-4-5-12-25-18)21-16-28(19-8-2-1-3-9-19)26-23(21)22-10-6-14-31-22/h1-10,12,14,16,20H,11,13,15,17H2. The van der Waals surface area contributed by atoms with Crippen molar-refractivity contribution < 1.29 is 9.53 Å². The van der Waals surface area contributed by atoms with E-state index >= 15 is 0 Å². The lowest BCUT2D eigenvalue weighted by atomic mass is 10.2. The van der Waals surface area contributed by atoms with Gasteiger partial charge in [-0.2, -0.15) is 5.10 Å². The number of thiophene rings is 1. The van der Waals surface area contributed by atoms with Gasteiger partial charge in [-0.1, -0.05) is 30.3 Å². The van der Waals surface area contributed by atoms with Crippen LogP contribution in [0.5, 0.6) is 0 Å². The van der Waals surface area contributed by atoms with Crippen molar-refractivity contribution in [2.75, 3.05) is 13.1 Å².